The van der Waals surface area contributed by atoms with Gasteiger partial charge in [0.2, 0.25) is 10.0 Å². The Morgan fingerprint density at radius 2 is 2.26 bits per heavy atom. The lowest BCUT2D eigenvalue weighted by Gasteiger charge is -2.03. The van der Waals surface area contributed by atoms with Gasteiger partial charge in [-0.05, 0) is 7.05 Å². The van der Waals surface area contributed by atoms with Crippen molar-refractivity contribution in [3.05, 3.63) is 11.1 Å². The molecule has 1 aromatic heterocycles. The van der Waals surface area contributed by atoms with Crippen LogP contribution < -0.4 is 10.0 Å². The molecule has 0 bridgehead atoms. The van der Waals surface area contributed by atoms with Crippen molar-refractivity contribution in [3.8, 4) is 0 Å². The molecule has 0 spiro atoms. The van der Waals surface area contributed by atoms with Crippen LogP contribution in [0.25, 0.3) is 0 Å². The van der Waals surface area contributed by atoms with Gasteiger partial charge >= 0.3 is 5.97 Å². The molecule has 19 heavy (non-hydrogen) atoms. The molecule has 0 saturated heterocycles. The summed E-state index contributed by atoms with van der Waals surface area (Å²) in [4.78, 5) is 15.2. The summed E-state index contributed by atoms with van der Waals surface area (Å²) in [6, 6.07) is 0. The van der Waals surface area contributed by atoms with Crippen molar-refractivity contribution in [1.82, 2.24) is 9.71 Å². The molecule has 0 unspecified atom stereocenters. The van der Waals surface area contributed by atoms with Crippen LogP contribution in [0, 0.1) is 0 Å². The molecule has 0 aromatic carbocycles. The number of thiazole rings is 1. The van der Waals surface area contributed by atoms with Crippen molar-refractivity contribution >= 4 is 32.5 Å². The van der Waals surface area contributed by atoms with Gasteiger partial charge in [-0.2, -0.15) is 0 Å². The van der Waals surface area contributed by atoms with Gasteiger partial charge in [0.15, 0.2) is 5.13 Å². The molecule has 7 nitrogen and oxygen atoms in total. The van der Waals surface area contributed by atoms with E-state index in [2.05, 4.69) is 19.8 Å². The zero-order chi connectivity index (χ0) is 14.3. The number of rotatable bonds is 8. The number of carbonyl (C=O) groups excluding carboxylic acids is 1. The second-order valence-electron chi connectivity index (χ2n) is 3.67. The average Bonchev–Trinajstić information content (AvgIpc) is 2.83. The molecule has 0 fully saturated rings. The summed E-state index contributed by atoms with van der Waals surface area (Å²) in [5.74, 6) is -0.289. The van der Waals surface area contributed by atoms with E-state index in [9.17, 15) is 13.2 Å². The minimum atomic E-state index is -3.20. The number of esters is 1. The number of hydrogen-bond acceptors (Lipinski definition) is 7. The fraction of sp³-hybridized carbons (Fsp3) is 0.600. The monoisotopic (exact) mass is 307 g/mol. The smallest absolute Gasteiger partial charge is 0.305 e. The Bertz CT molecular complexity index is 513. The molecule has 0 aliphatic rings. The summed E-state index contributed by atoms with van der Waals surface area (Å²) in [5.41, 5.74) is 0.786. The first kappa shape index (κ1) is 15.9. The summed E-state index contributed by atoms with van der Waals surface area (Å²) in [6.45, 7) is 0.285. The van der Waals surface area contributed by atoms with Crippen molar-refractivity contribution in [2.75, 3.05) is 31.8 Å². The van der Waals surface area contributed by atoms with E-state index in [0.29, 0.717) is 11.6 Å². The van der Waals surface area contributed by atoms with E-state index in [1.807, 2.05) is 5.38 Å². The highest BCUT2D eigenvalue weighted by Gasteiger charge is 2.08. The average molecular weight is 307 g/mol. The van der Waals surface area contributed by atoms with E-state index >= 15 is 0 Å². The van der Waals surface area contributed by atoms with Crippen molar-refractivity contribution in [3.63, 3.8) is 0 Å². The minimum absolute atomic E-state index is 0.0133. The summed E-state index contributed by atoms with van der Waals surface area (Å²) < 4.78 is 29.1. The number of nitrogens with one attached hydrogen (secondary N) is 2. The Balaban J connectivity index is 2.37. The number of aryl methyl sites for hydroxylation is 1. The highest BCUT2D eigenvalue weighted by molar-refractivity contribution is 7.89. The van der Waals surface area contributed by atoms with Gasteiger partial charge in [-0.15, -0.1) is 11.3 Å². The van der Waals surface area contributed by atoms with Gasteiger partial charge in [-0.1, -0.05) is 0 Å². The van der Waals surface area contributed by atoms with Crippen LogP contribution in [0.15, 0.2) is 5.38 Å². The molecule has 2 N–H and O–H groups in total. The quantitative estimate of drug-likeness (QED) is 0.666. The normalized spacial score (nSPS) is 11.3. The van der Waals surface area contributed by atoms with E-state index < -0.39 is 10.0 Å². The maximum Gasteiger partial charge on any atom is 0.305 e. The third-order valence-electron chi connectivity index (χ3n) is 2.32. The number of carbonyl (C=O) groups is 1. The molecule has 9 heteroatoms. The van der Waals surface area contributed by atoms with Crippen LogP contribution in [0.4, 0.5) is 5.13 Å². The molecule has 0 atom stereocenters. The van der Waals surface area contributed by atoms with Gasteiger partial charge in [-0.3, -0.25) is 4.79 Å². The number of hydrogen-bond donors (Lipinski definition) is 2. The van der Waals surface area contributed by atoms with E-state index in [1.165, 1.54) is 25.5 Å². The Morgan fingerprint density at radius 1 is 1.53 bits per heavy atom. The molecule has 0 amide bonds. The molecule has 1 rings (SSSR count). The number of methoxy groups -OCH3 is 1. The highest BCUT2D eigenvalue weighted by atomic mass is 32.2. The molecule has 108 valence electrons. The highest BCUT2D eigenvalue weighted by Crippen LogP contribution is 2.16. The summed E-state index contributed by atoms with van der Waals surface area (Å²) >= 11 is 1.38. The predicted octanol–water partition coefficient (Wildman–Crippen LogP) is 0.210. The van der Waals surface area contributed by atoms with Gasteiger partial charge in [0.1, 0.15) is 0 Å². The standard InChI is InChI=1S/C10H17N3O4S2/c1-11-19(15,16)6-5-12-10-13-8(7-18-10)3-4-9(14)17-2/h7,11H,3-6H2,1-2H3,(H,12,13). The molecule has 1 aromatic rings. The minimum Gasteiger partial charge on any atom is -0.469 e. The van der Waals surface area contributed by atoms with Crippen molar-refractivity contribution in [2.24, 2.45) is 0 Å². The van der Waals surface area contributed by atoms with Crippen LogP contribution >= 0.6 is 11.3 Å². The molecule has 0 aliphatic heterocycles. The number of ether oxygens (including phenoxy) is 1. The second-order valence-corrected chi connectivity index (χ2v) is 6.57. The number of anilines is 1. The Hall–Kier alpha value is -1.19. The molecular weight excluding hydrogens is 290 g/mol. The lowest BCUT2D eigenvalue weighted by atomic mass is 10.2. The predicted molar refractivity (Wildman–Crippen MR) is 73.8 cm³/mol. The van der Waals surface area contributed by atoms with E-state index in [4.69, 9.17) is 0 Å². The molecular formula is C10H17N3O4S2. The van der Waals surface area contributed by atoms with Crippen LogP contribution in [0.2, 0.25) is 0 Å². The first-order valence-corrected chi connectivity index (χ1v) is 8.16. The van der Waals surface area contributed by atoms with Crippen molar-refractivity contribution < 1.29 is 17.9 Å². The zero-order valence-electron chi connectivity index (χ0n) is 10.8. The third-order valence-corrected chi connectivity index (χ3v) is 4.54. The number of sulfonamides is 1. The number of aromatic nitrogens is 1. The van der Waals surface area contributed by atoms with E-state index in [1.54, 1.807) is 0 Å². The first-order valence-electron chi connectivity index (χ1n) is 5.63. The zero-order valence-corrected chi connectivity index (χ0v) is 12.4. The van der Waals surface area contributed by atoms with Crippen molar-refractivity contribution in [1.29, 1.82) is 0 Å². The third kappa shape index (κ3) is 5.99. The van der Waals surface area contributed by atoms with Crippen LogP contribution in [0.1, 0.15) is 12.1 Å². The van der Waals surface area contributed by atoms with Gasteiger partial charge in [0, 0.05) is 18.3 Å². The van der Waals surface area contributed by atoms with E-state index in [0.717, 1.165) is 5.69 Å². The van der Waals surface area contributed by atoms with E-state index in [-0.39, 0.29) is 24.7 Å². The fourth-order valence-electron chi connectivity index (χ4n) is 1.23. The van der Waals surface area contributed by atoms with Gasteiger partial charge in [-0.25, -0.2) is 18.1 Å². The molecule has 0 radical (unpaired) electrons. The van der Waals surface area contributed by atoms with Gasteiger partial charge < -0.3 is 10.1 Å². The second kappa shape index (κ2) is 7.41. The van der Waals surface area contributed by atoms with Gasteiger partial charge in [0.05, 0.1) is 25.0 Å². The lowest BCUT2D eigenvalue weighted by Crippen LogP contribution is -2.26. The fourth-order valence-corrected chi connectivity index (χ4v) is 2.58. The number of nitrogens with zero attached hydrogens (tertiary/aromatic N) is 1. The largest absolute Gasteiger partial charge is 0.469 e. The SMILES string of the molecule is CNS(=O)(=O)CCNc1nc(CCC(=O)OC)cs1. The molecule has 1 heterocycles. The summed E-state index contributed by atoms with van der Waals surface area (Å²) in [7, 11) is -0.480. The maximum atomic E-state index is 11.2. The Morgan fingerprint density at radius 3 is 2.89 bits per heavy atom. The summed E-state index contributed by atoms with van der Waals surface area (Å²) in [6.07, 6.45) is 0.799. The van der Waals surface area contributed by atoms with Crippen molar-refractivity contribution in [2.45, 2.75) is 12.8 Å². The molecule has 0 aliphatic carbocycles. The maximum absolute atomic E-state index is 11.2. The molecule has 0 saturated carbocycles. The van der Waals surface area contributed by atoms with Crippen LogP contribution in [0.5, 0.6) is 0 Å². The first-order chi connectivity index (χ1) is 8.96. The summed E-state index contributed by atoms with van der Waals surface area (Å²) in [5, 5.41) is 5.40. The Kier molecular flexibility index (Phi) is 6.19. The van der Waals surface area contributed by atoms with Gasteiger partial charge in [0.25, 0.3) is 0 Å². The van der Waals surface area contributed by atoms with Crippen LogP contribution in [0.3, 0.4) is 0 Å². The van der Waals surface area contributed by atoms with Crippen LogP contribution in [-0.4, -0.2) is 45.8 Å². The lowest BCUT2D eigenvalue weighted by molar-refractivity contribution is -0.140. The van der Waals surface area contributed by atoms with Crippen LogP contribution in [-0.2, 0) is 26.0 Å². The Labute approximate surface area is 116 Å². The topological polar surface area (TPSA) is 97.4 Å².